The van der Waals surface area contributed by atoms with Crippen molar-refractivity contribution < 1.29 is 0 Å². The van der Waals surface area contributed by atoms with Crippen LogP contribution in [0.1, 0.15) is 33.4 Å². The Morgan fingerprint density at radius 1 is 0.400 bits per heavy atom. The Morgan fingerprint density at radius 2 is 1.00 bits per heavy atom. The maximum atomic E-state index is 2.44. The summed E-state index contributed by atoms with van der Waals surface area (Å²) in [5.41, 5.74) is 16.6. The van der Waals surface area contributed by atoms with Gasteiger partial charge in [0.05, 0.1) is 5.41 Å². The molecule has 0 fully saturated rings. The second-order valence-corrected chi connectivity index (χ2v) is 11.6. The molecule has 0 unspecified atom stereocenters. The first kappa shape index (κ1) is 21.0. The zero-order chi connectivity index (χ0) is 26.0. The molecule has 40 heavy (non-hydrogen) atoms. The van der Waals surface area contributed by atoms with Crippen LogP contribution in [0.3, 0.4) is 0 Å². The van der Waals surface area contributed by atoms with Crippen molar-refractivity contribution in [1.29, 1.82) is 0 Å². The van der Waals surface area contributed by atoms with Crippen LogP contribution in [0.15, 0.2) is 133 Å². The monoisotopic (exact) mass is 504 g/mol. The van der Waals surface area contributed by atoms with Crippen molar-refractivity contribution in [3.05, 3.63) is 167 Å². The van der Waals surface area contributed by atoms with Gasteiger partial charge < -0.3 is 0 Å². The molecule has 0 heteroatoms. The Kier molecular flexibility index (Phi) is 3.76. The summed E-state index contributed by atoms with van der Waals surface area (Å²) in [6, 6.07) is 50.4. The van der Waals surface area contributed by atoms with Gasteiger partial charge >= 0.3 is 0 Å². The highest BCUT2D eigenvalue weighted by molar-refractivity contribution is 6.09. The third-order valence-corrected chi connectivity index (χ3v) is 9.90. The summed E-state index contributed by atoms with van der Waals surface area (Å²) < 4.78 is 0. The van der Waals surface area contributed by atoms with Crippen molar-refractivity contribution in [3.8, 4) is 33.4 Å². The highest BCUT2D eigenvalue weighted by atomic mass is 14.5. The Balaban J connectivity index is 1.44. The summed E-state index contributed by atoms with van der Waals surface area (Å²) >= 11 is 0. The lowest BCUT2D eigenvalue weighted by molar-refractivity contribution is 0.796. The molecule has 0 N–H and O–H groups in total. The van der Waals surface area contributed by atoms with Crippen LogP contribution < -0.4 is 0 Å². The molecule has 7 aromatic rings. The number of hydrogen-bond donors (Lipinski definition) is 0. The zero-order valence-electron chi connectivity index (χ0n) is 21.9. The molecule has 3 aliphatic carbocycles. The van der Waals surface area contributed by atoms with Crippen LogP contribution in [-0.4, -0.2) is 0 Å². The summed E-state index contributed by atoms with van der Waals surface area (Å²) in [6.45, 7) is 0. The first-order valence-corrected chi connectivity index (χ1v) is 14.2. The third-order valence-electron chi connectivity index (χ3n) is 9.90. The highest BCUT2D eigenvalue weighted by Gasteiger charge is 2.54. The minimum atomic E-state index is -0.347. The quantitative estimate of drug-likeness (QED) is 0.193. The Hall–Kier alpha value is -4.94. The van der Waals surface area contributed by atoms with E-state index in [9.17, 15) is 0 Å². The maximum absolute atomic E-state index is 2.44. The van der Waals surface area contributed by atoms with Crippen molar-refractivity contribution in [3.63, 3.8) is 0 Å². The molecule has 0 atom stereocenters. The number of fused-ring (bicyclic) bond motifs is 18. The van der Waals surface area contributed by atoms with E-state index >= 15 is 0 Å². The molecule has 0 saturated heterocycles. The van der Waals surface area contributed by atoms with Gasteiger partial charge in [-0.15, -0.1) is 0 Å². The van der Waals surface area contributed by atoms with Gasteiger partial charge in [0, 0.05) is 0 Å². The van der Waals surface area contributed by atoms with Gasteiger partial charge in [-0.3, -0.25) is 0 Å². The van der Waals surface area contributed by atoms with Crippen molar-refractivity contribution in [2.24, 2.45) is 0 Å². The Bertz CT molecular complexity index is 2200. The lowest BCUT2D eigenvalue weighted by Crippen LogP contribution is -2.26. The zero-order valence-corrected chi connectivity index (χ0v) is 21.9. The lowest BCUT2D eigenvalue weighted by atomic mass is 9.68. The van der Waals surface area contributed by atoms with Gasteiger partial charge in [0.25, 0.3) is 0 Å². The fourth-order valence-electron chi connectivity index (χ4n) is 8.45. The predicted molar refractivity (Wildman–Crippen MR) is 166 cm³/mol. The minimum absolute atomic E-state index is 0.347. The van der Waals surface area contributed by atoms with Crippen molar-refractivity contribution in [2.75, 3.05) is 0 Å². The standard InChI is InChI=1S/C40H24/c1-3-11-27-24(9-1)17-20-31-33(27)23-26-18-21-32-38-28-12-4-2-10-25(28)19-22-36(38)40(39(32)37(26)31)34-15-7-5-13-29(34)30-14-6-8-16-35(30)40/h1-22H,23H2. The van der Waals surface area contributed by atoms with E-state index in [-0.39, 0.29) is 5.41 Å². The molecule has 0 nitrogen and oxygen atoms in total. The van der Waals surface area contributed by atoms with Gasteiger partial charge in [0.15, 0.2) is 0 Å². The fraction of sp³-hybridized carbons (Fsp3) is 0.0500. The minimum Gasteiger partial charge on any atom is -0.0619 e. The average Bonchev–Trinajstić information content (AvgIpc) is 3.65. The maximum Gasteiger partial charge on any atom is 0.0731 e. The lowest BCUT2D eigenvalue weighted by Gasteiger charge is -2.32. The first-order valence-electron chi connectivity index (χ1n) is 14.2. The smallest absolute Gasteiger partial charge is 0.0619 e. The summed E-state index contributed by atoms with van der Waals surface area (Å²) in [7, 11) is 0. The summed E-state index contributed by atoms with van der Waals surface area (Å²) in [5.74, 6) is 0. The molecular weight excluding hydrogens is 480 g/mol. The van der Waals surface area contributed by atoms with E-state index in [1.165, 1.54) is 88.3 Å². The molecule has 0 bridgehead atoms. The Morgan fingerprint density at radius 3 is 1.77 bits per heavy atom. The van der Waals surface area contributed by atoms with Crippen LogP contribution in [0.4, 0.5) is 0 Å². The molecule has 184 valence electrons. The molecule has 0 amide bonds. The fourth-order valence-corrected chi connectivity index (χ4v) is 8.45. The molecule has 3 aliphatic rings. The van der Waals surface area contributed by atoms with Crippen LogP contribution in [0.5, 0.6) is 0 Å². The van der Waals surface area contributed by atoms with Gasteiger partial charge in [-0.25, -0.2) is 0 Å². The van der Waals surface area contributed by atoms with Gasteiger partial charge in [-0.2, -0.15) is 0 Å². The van der Waals surface area contributed by atoms with E-state index < -0.39 is 0 Å². The molecule has 0 aromatic heterocycles. The van der Waals surface area contributed by atoms with Crippen molar-refractivity contribution in [2.45, 2.75) is 11.8 Å². The first-order chi connectivity index (χ1) is 19.9. The van der Waals surface area contributed by atoms with Gasteiger partial charge in [-0.05, 0) is 94.7 Å². The SMILES string of the molecule is c1ccc2c(c1)-c1ccccc1C21c2ccc3ccccc3c2-c2ccc3c(c21)-c1ccc2ccccc2c1C3. The molecule has 7 aromatic carbocycles. The largest absolute Gasteiger partial charge is 0.0731 e. The van der Waals surface area contributed by atoms with E-state index in [4.69, 9.17) is 0 Å². The van der Waals surface area contributed by atoms with Gasteiger partial charge in [0.2, 0.25) is 0 Å². The van der Waals surface area contributed by atoms with Crippen LogP contribution in [0.2, 0.25) is 0 Å². The van der Waals surface area contributed by atoms with Crippen LogP contribution in [0.25, 0.3) is 54.9 Å². The summed E-state index contributed by atoms with van der Waals surface area (Å²) in [6.07, 6.45) is 0.982. The molecule has 0 heterocycles. The number of rotatable bonds is 0. The van der Waals surface area contributed by atoms with Crippen LogP contribution in [-0.2, 0) is 11.8 Å². The summed E-state index contributed by atoms with van der Waals surface area (Å²) in [5, 5.41) is 5.35. The average molecular weight is 505 g/mol. The van der Waals surface area contributed by atoms with Crippen molar-refractivity contribution in [1.82, 2.24) is 0 Å². The molecule has 10 rings (SSSR count). The molecule has 0 saturated carbocycles. The Labute approximate surface area is 233 Å². The number of hydrogen-bond acceptors (Lipinski definition) is 0. The highest BCUT2D eigenvalue weighted by Crippen LogP contribution is 2.66. The van der Waals surface area contributed by atoms with E-state index in [1.54, 1.807) is 0 Å². The van der Waals surface area contributed by atoms with Crippen LogP contribution >= 0.6 is 0 Å². The molecule has 0 radical (unpaired) electrons. The second kappa shape index (κ2) is 7.17. The van der Waals surface area contributed by atoms with E-state index in [1.807, 2.05) is 0 Å². The molecule has 0 aliphatic heterocycles. The summed E-state index contributed by atoms with van der Waals surface area (Å²) in [4.78, 5) is 0. The topological polar surface area (TPSA) is 0 Å². The van der Waals surface area contributed by atoms with Crippen LogP contribution in [0, 0.1) is 0 Å². The molecular formula is C40H24. The normalized spacial score (nSPS) is 14.6. The van der Waals surface area contributed by atoms with Gasteiger partial charge in [-0.1, -0.05) is 133 Å². The third kappa shape index (κ3) is 2.28. The van der Waals surface area contributed by atoms with E-state index in [0.29, 0.717) is 0 Å². The van der Waals surface area contributed by atoms with E-state index in [2.05, 4.69) is 133 Å². The predicted octanol–water partition coefficient (Wildman–Crippen LogP) is 9.91. The number of benzene rings is 7. The van der Waals surface area contributed by atoms with Crippen molar-refractivity contribution >= 4 is 21.5 Å². The van der Waals surface area contributed by atoms with E-state index in [0.717, 1.165) is 6.42 Å². The second-order valence-electron chi connectivity index (χ2n) is 11.6. The molecule has 1 spiro atoms. The van der Waals surface area contributed by atoms with Gasteiger partial charge in [0.1, 0.15) is 0 Å².